The monoisotopic (exact) mass is 282 g/mol. The predicted octanol–water partition coefficient (Wildman–Crippen LogP) is 1.09. The summed E-state index contributed by atoms with van der Waals surface area (Å²) in [5.41, 5.74) is 5.58. The Labute approximate surface area is 116 Å². The third-order valence-corrected chi connectivity index (χ3v) is 3.43. The lowest BCUT2D eigenvalue weighted by Crippen LogP contribution is -2.41. The maximum Gasteiger partial charge on any atom is 0.303 e. The SMILES string of the molecule is NC(CCC(=O)O)C(=O)NCCSc1ccccc1. The Morgan fingerprint density at radius 2 is 2.00 bits per heavy atom. The van der Waals surface area contributed by atoms with Crippen LogP contribution in [0.5, 0.6) is 0 Å². The lowest BCUT2D eigenvalue weighted by Gasteiger charge is -2.10. The molecule has 1 atom stereocenters. The molecule has 19 heavy (non-hydrogen) atoms. The Morgan fingerprint density at radius 3 is 2.63 bits per heavy atom. The van der Waals surface area contributed by atoms with Gasteiger partial charge in [-0.2, -0.15) is 0 Å². The highest BCUT2D eigenvalue weighted by atomic mass is 32.2. The fourth-order valence-electron chi connectivity index (χ4n) is 1.40. The number of hydrogen-bond acceptors (Lipinski definition) is 4. The van der Waals surface area contributed by atoms with Gasteiger partial charge in [-0.25, -0.2) is 0 Å². The van der Waals surface area contributed by atoms with Gasteiger partial charge in [0.25, 0.3) is 0 Å². The minimum atomic E-state index is -0.942. The first kappa shape index (κ1) is 15.5. The molecule has 0 aromatic heterocycles. The molecule has 1 unspecified atom stereocenters. The molecule has 0 saturated carbocycles. The van der Waals surface area contributed by atoms with Gasteiger partial charge in [-0.1, -0.05) is 18.2 Å². The minimum absolute atomic E-state index is 0.0899. The number of carboxylic acid groups (broad SMARTS) is 1. The van der Waals surface area contributed by atoms with Crippen LogP contribution in [0.1, 0.15) is 12.8 Å². The van der Waals surface area contributed by atoms with Gasteiger partial charge < -0.3 is 16.2 Å². The van der Waals surface area contributed by atoms with Crippen LogP contribution in [0.15, 0.2) is 35.2 Å². The summed E-state index contributed by atoms with van der Waals surface area (Å²) in [6.07, 6.45) is 0.0698. The maximum atomic E-state index is 11.5. The van der Waals surface area contributed by atoms with Gasteiger partial charge in [0, 0.05) is 23.6 Å². The van der Waals surface area contributed by atoms with Crippen molar-refractivity contribution in [1.82, 2.24) is 5.32 Å². The molecule has 1 aromatic carbocycles. The van der Waals surface area contributed by atoms with Crippen LogP contribution in [0.2, 0.25) is 0 Å². The van der Waals surface area contributed by atoms with Crippen LogP contribution in [0.3, 0.4) is 0 Å². The smallest absolute Gasteiger partial charge is 0.303 e. The average Bonchev–Trinajstić information content (AvgIpc) is 2.41. The highest BCUT2D eigenvalue weighted by Gasteiger charge is 2.13. The quantitative estimate of drug-likeness (QED) is 0.490. The van der Waals surface area contributed by atoms with Crippen molar-refractivity contribution in [3.05, 3.63) is 30.3 Å². The van der Waals surface area contributed by atoms with Crippen molar-refractivity contribution in [2.45, 2.75) is 23.8 Å². The number of thioether (sulfide) groups is 1. The molecule has 1 rings (SSSR count). The molecule has 0 heterocycles. The summed E-state index contributed by atoms with van der Waals surface area (Å²) >= 11 is 1.64. The fourth-order valence-corrected chi connectivity index (χ4v) is 2.19. The molecular formula is C13H18N2O3S. The fraction of sp³-hybridized carbons (Fsp3) is 0.385. The van der Waals surface area contributed by atoms with Crippen molar-refractivity contribution in [3.63, 3.8) is 0 Å². The van der Waals surface area contributed by atoms with E-state index in [0.717, 1.165) is 10.6 Å². The van der Waals surface area contributed by atoms with Crippen molar-refractivity contribution < 1.29 is 14.7 Å². The van der Waals surface area contributed by atoms with Gasteiger partial charge in [0.2, 0.25) is 5.91 Å². The van der Waals surface area contributed by atoms with Crippen LogP contribution < -0.4 is 11.1 Å². The summed E-state index contributed by atoms with van der Waals surface area (Å²) in [4.78, 5) is 23.0. The number of carbonyl (C=O) groups is 2. The zero-order valence-electron chi connectivity index (χ0n) is 10.5. The third-order valence-electron chi connectivity index (χ3n) is 2.42. The Balaban J connectivity index is 2.15. The number of carboxylic acids is 1. The molecule has 0 radical (unpaired) electrons. The molecule has 0 spiro atoms. The Hall–Kier alpha value is -1.53. The standard InChI is InChI=1S/C13H18N2O3S/c14-11(6-7-12(16)17)13(18)15-8-9-19-10-4-2-1-3-5-10/h1-5,11H,6-9,14H2,(H,15,18)(H,16,17). The second kappa shape index (κ2) is 8.55. The van der Waals surface area contributed by atoms with Crippen LogP contribution in [0.4, 0.5) is 0 Å². The predicted molar refractivity (Wildman–Crippen MR) is 75.0 cm³/mol. The van der Waals surface area contributed by atoms with Gasteiger partial charge in [-0.3, -0.25) is 9.59 Å². The highest BCUT2D eigenvalue weighted by molar-refractivity contribution is 7.99. The second-order valence-electron chi connectivity index (χ2n) is 3.99. The lowest BCUT2D eigenvalue weighted by atomic mass is 10.1. The number of nitrogens with two attached hydrogens (primary N) is 1. The largest absolute Gasteiger partial charge is 0.481 e. The summed E-state index contributed by atoms with van der Waals surface area (Å²) in [6, 6.07) is 9.13. The third kappa shape index (κ3) is 6.83. The van der Waals surface area contributed by atoms with Gasteiger partial charge in [0.15, 0.2) is 0 Å². The first-order valence-electron chi connectivity index (χ1n) is 6.02. The molecule has 0 aliphatic heterocycles. The van der Waals surface area contributed by atoms with E-state index in [1.165, 1.54) is 0 Å². The van der Waals surface area contributed by atoms with Crippen LogP contribution in [-0.4, -0.2) is 35.3 Å². The van der Waals surface area contributed by atoms with E-state index in [0.29, 0.717) is 6.54 Å². The van der Waals surface area contributed by atoms with E-state index in [9.17, 15) is 9.59 Å². The summed E-state index contributed by atoms with van der Waals surface area (Å²) in [6.45, 7) is 0.513. The zero-order chi connectivity index (χ0) is 14.1. The molecule has 0 aliphatic rings. The number of amides is 1. The van der Waals surface area contributed by atoms with E-state index >= 15 is 0 Å². The molecule has 5 nitrogen and oxygen atoms in total. The number of carbonyl (C=O) groups excluding carboxylic acids is 1. The minimum Gasteiger partial charge on any atom is -0.481 e. The number of rotatable bonds is 8. The van der Waals surface area contributed by atoms with E-state index in [-0.39, 0.29) is 18.7 Å². The van der Waals surface area contributed by atoms with Crippen molar-refractivity contribution in [2.24, 2.45) is 5.73 Å². The zero-order valence-corrected chi connectivity index (χ0v) is 11.4. The van der Waals surface area contributed by atoms with E-state index in [1.807, 2.05) is 30.3 Å². The second-order valence-corrected chi connectivity index (χ2v) is 5.16. The Morgan fingerprint density at radius 1 is 1.32 bits per heavy atom. The molecular weight excluding hydrogens is 264 g/mol. The van der Waals surface area contributed by atoms with Gasteiger partial charge in [-0.05, 0) is 18.6 Å². The molecule has 1 aromatic rings. The molecule has 1 amide bonds. The number of nitrogens with one attached hydrogen (secondary N) is 1. The Bertz CT molecular complexity index is 412. The molecule has 104 valence electrons. The summed E-state index contributed by atoms with van der Waals surface area (Å²) in [5.74, 6) is -0.487. The molecule has 4 N–H and O–H groups in total. The molecule has 0 fully saturated rings. The van der Waals surface area contributed by atoms with E-state index in [2.05, 4.69) is 5.32 Å². The summed E-state index contributed by atoms with van der Waals surface area (Å²) in [7, 11) is 0. The summed E-state index contributed by atoms with van der Waals surface area (Å²) in [5, 5.41) is 11.2. The van der Waals surface area contributed by atoms with Crippen LogP contribution >= 0.6 is 11.8 Å². The Kier molecular flexibility index (Phi) is 6.99. The van der Waals surface area contributed by atoms with Crippen molar-refractivity contribution in [1.29, 1.82) is 0 Å². The number of hydrogen-bond donors (Lipinski definition) is 3. The van der Waals surface area contributed by atoms with Crippen LogP contribution in [0, 0.1) is 0 Å². The van der Waals surface area contributed by atoms with E-state index in [4.69, 9.17) is 10.8 Å². The van der Waals surface area contributed by atoms with Crippen molar-refractivity contribution >= 4 is 23.6 Å². The highest BCUT2D eigenvalue weighted by Crippen LogP contribution is 2.15. The van der Waals surface area contributed by atoms with Gasteiger partial charge in [0.05, 0.1) is 6.04 Å². The number of benzene rings is 1. The first-order valence-corrected chi connectivity index (χ1v) is 7.01. The van der Waals surface area contributed by atoms with Crippen molar-refractivity contribution in [3.8, 4) is 0 Å². The van der Waals surface area contributed by atoms with Crippen LogP contribution in [0.25, 0.3) is 0 Å². The molecule has 0 bridgehead atoms. The van der Waals surface area contributed by atoms with Crippen LogP contribution in [-0.2, 0) is 9.59 Å². The lowest BCUT2D eigenvalue weighted by molar-refractivity contribution is -0.137. The normalized spacial score (nSPS) is 11.8. The van der Waals surface area contributed by atoms with Gasteiger partial charge in [0.1, 0.15) is 0 Å². The first-order chi connectivity index (χ1) is 9.09. The van der Waals surface area contributed by atoms with Crippen molar-refractivity contribution in [2.75, 3.05) is 12.3 Å². The molecule has 0 saturated heterocycles. The van der Waals surface area contributed by atoms with E-state index in [1.54, 1.807) is 11.8 Å². The summed E-state index contributed by atoms with van der Waals surface area (Å²) < 4.78 is 0. The van der Waals surface area contributed by atoms with E-state index < -0.39 is 12.0 Å². The maximum absolute atomic E-state index is 11.5. The average molecular weight is 282 g/mol. The van der Waals surface area contributed by atoms with Gasteiger partial charge in [-0.15, -0.1) is 11.8 Å². The molecule has 6 heteroatoms. The molecule has 0 aliphatic carbocycles. The topological polar surface area (TPSA) is 92.4 Å². The number of aliphatic carboxylic acids is 1. The van der Waals surface area contributed by atoms with Gasteiger partial charge >= 0.3 is 5.97 Å².